The van der Waals surface area contributed by atoms with Gasteiger partial charge in [-0.25, -0.2) is 0 Å². The van der Waals surface area contributed by atoms with Crippen LogP contribution in [-0.4, -0.2) is 32.4 Å². The highest BCUT2D eigenvalue weighted by Gasteiger charge is 2.44. The molecule has 0 saturated heterocycles. The van der Waals surface area contributed by atoms with Crippen LogP contribution >= 0.6 is 0 Å². The van der Waals surface area contributed by atoms with Gasteiger partial charge in [-0.3, -0.25) is 0 Å². The van der Waals surface area contributed by atoms with Crippen molar-refractivity contribution in [1.82, 2.24) is 0 Å². The van der Waals surface area contributed by atoms with Gasteiger partial charge < -0.3 is 13.9 Å². The van der Waals surface area contributed by atoms with Crippen LogP contribution in [0, 0.1) is 0 Å². The Bertz CT molecular complexity index is 242. The van der Waals surface area contributed by atoms with Crippen molar-refractivity contribution in [3.8, 4) is 0 Å². The minimum absolute atomic E-state index is 0.131. The molecule has 0 rings (SSSR count). The topological polar surface area (TPSA) is 27.7 Å². The predicted molar refractivity (Wildman–Crippen MR) is 74.5 cm³/mol. The van der Waals surface area contributed by atoms with E-state index in [2.05, 4.69) is 54.3 Å². The molecule has 17 heavy (non-hydrogen) atoms. The van der Waals surface area contributed by atoms with Crippen molar-refractivity contribution in [3.63, 3.8) is 0 Å². The summed E-state index contributed by atoms with van der Waals surface area (Å²) in [5, 5.41) is -0.245. The van der Waals surface area contributed by atoms with Gasteiger partial charge >= 0.3 is 0 Å². The fourth-order valence-corrected chi connectivity index (χ4v) is 3.72. The van der Waals surface area contributed by atoms with E-state index in [0.29, 0.717) is 13.2 Å². The molecule has 0 radical (unpaired) electrons. The van der Waals surface area contributed by atoms with Crippen LogP contribution in [0.5, 0.6) is 0 Å². The second-order valence-corrected chi connectivity index (χ2v) is 10.5. The zero-order valence-electron chi connectivity index (χ0n) is 12.4. The lowest BCUT2D eigenvalue weighted by molar-refractivity contribution is -0.0135. The number of hydrogen-bond donors (Lipinski definition) is 0. The van der Waals surface area contributed by atoms with Gasteiger partial charge in [-0.15, -0.1) is 0 Å². The van der Waals surface area contributed by atoms with Gasteiger partial charge in [0, 0.05) is 5.60 Å². The summed E-state index contributed by atoms with van der Waals surface area (Å²) in [6, 6.07) is 0. The average Bonchev–Trinajstić information content (AvgIpc) is 2.08. The molecule has 0 amide bonds. The highest BCUT2D eigenvalue weighted by Crippen LogP contribution is 2.29. The van der Waals surface area contributed by atoms with E-state index in [-0.39, 0.29) is 10.8 Å². The van der Waals surface area contributed by atoms with E-state index >= 15 is 0 Å². The maximum Gasteiger partial charge on any atom is 0.218 e. The molecule has 4 heteroatoms. The van der Waals surface area contributed by atoms with Crippen LogP contribution < -0.4 is 0 Å². The van der Waals surface area contributed by atoms with Gasteiger partial charge in [0.15, 0.2) is 0 Å². The standard InChI is InChI=1S/C13H28O3Si/c1-9-14-10-11-15-13(5,6)17(7,8)16-12(2,3)4/h9H,1,10-11H2,2-8H3. The monoisotopic (exact) mass is 260 g/mol. The van der Waals surface area contributed by atoms with E-state index < -0.39 is 8.32 Å². The molecule has 0 heterocycles. The van der Waals surface area contributed by atoms with Crippen molar-refractivity contribution < 1.29 is 13.9 Å². The van der Waals surface area contributed by atoms with E-state index in [9.17, 15) is 0 Å². The molecule has 0 atom stereocenters. The summed E-state index contributed by atoms with van der Waals surface area (Å²) in [5.74, 6) is 0. The molecule has 0 aliphatic heterocycles. The minimum Gasteiger partial charge on any atom is -0.499 e. The van der Waals surface area contributed by atoms with Crippen LogP contribution in [0.2, 0.25) is 13.1 Å². The molecule has 102 valence electrons. The van der Waals surface area contributed by atoms with Gasteiger partial charge in [-0.1, -0.05) is 6.58 Å². The zero-order valence-corrected chi connectivity index (χ0v) is 13.4. The lowest BCUT2D eigenvalue weighted by atomic mass is 10.2. The Kier molecular flexibility index (Phi) is 5.91. The third-order valence-corrected chi connectivity index (χ3v) is 6.96. The van der Waals surface area contributed by atoms with Crippen LogP contribution in [0.25, 0.3) is 0 Å². The molecule has 0 unspecified atom stereocenters. The van der Waals surface area contributed by atoms with Crippen molar-refractivity contribution in [2.24, 2.45) is 0 Å². The van der Waals surface area contributed by atoms with Crippen molar-refractivity contribution in [2.45, 2.75) is 58.5 Å². The van der Waals surface area contributed by atoms with Crippen LogP contribution in [0.4, 0.5) is 0 Å². The number of hydrogen-bond acceptors (Lipinski definition) is 3. The first-order chi connectivity index (χ1) is 7.52. The number of ether oxygens (including phenoxy) is 2. The van der Waals surface area contributed by atoms with Crippen molar-refractivity contribution in [2.75, 3.05) is 13.2 Å². The third kappa shape index (κ3) is 6.24. The Morgan fingerprint density at radius 3 is 2.00 bits per heavy atom. The zero-order chi connectivity index (χ0) is 13.7. The molecule has 0 aromatic rings. The average molecular weight is 260 g/mol. The fraction of sp³-hybridized carbons (Fsp3) is 0.846. The maximum absolute atomic E-state index is 6.20. The Hall–Kier alpha value is -0.323. The summed E-state index contributed by atoms with van der Waals surface area (Å²) in [7, 11) is -1.93. The summed E-state index contributed by atoms with van der Waals surface area (Å²) in [6.45, 7) is 19.4. The molecule has 0 aliphatic carbocycles. The van der Waals surface area contributed by atoms with Crippen LogP contribution in [0.3, 0.4) is 0 Å². The molecular weight excluding hydrogens is 232 g/mol. The summed E-state index contributed by atoms with van der Waals surface area (Å²) in [5.41, 5.74) is -0.131. The quantitative estimate of drug-likeness (QED) is 0.398. The van der Waals surface area contributed by atoms with E-state index in [1.807, 2.05) is 0 Å². The molecule has 0 spiro atoms. The predicted octanol–water partition coefficient (Wildman–Crippen LogP) is 3.50. The van der Waals surface area contributed by atoms with Gasteiger partial charge in [-0.2, -0.15) is 0 Å². The highest BCUT2D eigenvalue weighted by molar-refractivity contribution is 6.74. The summed E-state index contributed by atoms with van der Waals surface area (Å²) in [4.78, 5) is 0. The molecule has 0 N–H and O–H groups in total. The molecule has 3 nitrogen and oxygen atoms in total. The maximum atomic E-state index is 6.20. The van der Waals surface area contributed by atoms with Crippen molar-refractivity contribution in [3.05, 3.63) is 12.8 Å². The Morgan fingerprint density at radius 2 is 1.59 bits per heavy atom. The Balaban J connectivity index is 4.39. The van der Waals surface area contributed by atoms with Gasteiger partial charge in [0.25, 0.3) is 0 Å². The molecule has 0 saturated carbocycles. The molecule has 0 bridgehead atoms. The first kappa shape index (κ1) is 16.7. The summed E-state index contributed by atoms with van der Waals surface area (Å²) in [6.07, 6.45) is 1.44. The Labute approximate surface area is 107 Å². The van der Waals surface area contributed by atoms with E-state index in [1.165, 1.54) is 6.26 Å². The lowest BCUT2D eigenvalue weighted by Crippen LogP contribution is -2.57. The molecular formula is C13H28O3Si. The van der Waals surface area contributed by atoms with Crippen molar-refractivity contribution in [1.29, 1.82) is 0 Å². The van der Waals surface area contributed by atoms with E-state index in [1.54, 1.807) is 0 Å². The highest BCUT2D eigenvalue weighted by atomic mass is 28.4. The number of rotatable bonds is 7. The second-order valence-electron chi connectivity index (χ2n) is 6.12. The lowest BCUT2D eigenvalue weighted by Gasteiger charge is -2.43. The summed E-state index contributed by atoms with van der Waals surface area (Å²) < 4.78 is 17.2. The largest absolute Gasteiger partial charge is 0.499 e. The first-order valence-electron chi connectivity index (χ1n) is 6.08. The molecule has 0 aromatic carbocycles. The molecule has 0 aliphatic rings. The third-order valence-electron chi connectivity index (χ3n) is 2.79. The molecule has 0 aromatic heterocycles. The van der Waals surface area contributed by atoms with E-state index in [4.69, 9.17) is 13.9 Å². The van der Waals surface area contributed by atoms with Crippen LogP contribution in [0.1, 0.15) is 34.6 Å². The fourth-order valence-electron chi connectivity index (χ4n) is 1.49. The normalized spacial score (nSPS) is 13.6. The van der Waals surface area contributed by atoms with Gasteiger partial charge in [0.2, 0.25) is 8.32 Å². The van der Waals surface area contributed by atoms with Gasteiger partial charge in [0.1, 0.15) is 6.61 Å². The smallest absolute Gasteiger partial charge is 0.218 e. The molecule has 0 fully saturated rings. The van der Waals surface area contributed by atoms with Gasteiger partial charge in [0.05, 0.1) is 18.1 Å². The van der Waals surface area contributed by atoms with Crippen LogP contribution in [-0.2, 0) is 13.9 Å². The Morgan fingerprint density at radius 1 is 1.06 bits per heavy atom. The van der Waals surface area contributed by atoms with Crippen molar-refractivity contribution >= 4 is 8.32 Å². The minimum atomic E-state index is -1.93. The first-order valence-corrected chi connectivity index (χ1v) is 8.99. The SMILES string of the molecule is C=COCCOC(C)(C)[Si](C)(C)OC(C)(C)C. The van der Waals surface area contributed by atoms with Gasteiger partial charge in [-0.05, 0) is 47.7 Å². The summed E-state index contributed by atoms with van der Waals surface area (Å²) >= 11 is 0. The van der Waals surface area contributed by atoms with Crippen LogP contribution in [0.15, 0.2) is 12.8 Å². The van der Waals surface area contributed by atoms with E-state index in [0.717, 1.165) is 0 Å². The second kappa shape index (κ2) is 6.02.